The molecule has 0 bridgehead atoms. The zero-order chi connectivity index (χ0) is 15.8. The molecule has 2 aliphatic rings. The van der Waals surface area contributed by atoms with Gasteiger partial charge in [-0.25, -0.2) is 9.97 Å². The van der Waals surface area contributed by atoms with Crippen molar-refractivity contribution in [3.05, 3.63) is 16.8 Å². The summed E-state index contributed by atoms with van der Waals surface area (Å²) < 4.78 is 0. The second-order valence-electron chi connectivity index (χ2n) is 7.18. The molecule has 0 amide bonds. The van der Waals surface area contributed by atoms with Crippen molar-refractivity contribution >= 4 is 27.4 Å². The van der Waals surface area contributed by atoms with E-state index >= 15 is 0 Å². The highest BCUT2D eigenvalue weighted by Gasteiger charge is 2.25. The Labute approximate surface area is 141 Å². The molecule has 0 aliphatic heterocycles. The number of thiophene rings is 1. The maximum atomic E-state index is 6.03. The summed E-state index contributed by atoms with van der Waals surface area (Å²) in [6.07, 6.45) is 11.3. The zero-order valence-corrected chi connectivity index (χ0v) is 14.7. The fraction of sp³-hybridized carbons (Fsp3) is 0.667. The minimum Gasteiger partial charge on any atom is -0.367 e. The van der Waals surface area contributed by atoms with Crippen LogP contribution in [0.4, 0.5) is 5.82 Å². The predicted octanol–water partition coefficient (Wildman–Crippen LogP) is 3.89. The van der Waals surface area contributed by atoms with E-state index in [4.69, 9.17) is 5.73 Å². The molecule has 23 heavy (non-hydrogen) atoms. The van der Waals surface area contributed by atoms with Crippen molar-refractivity contribution in [2.45, 2.75) is 70.4 Å². The molecule has 0 aromatic carbocycles. The number of rotatable bonds is 3. The van der Waals surface area contributed by atoms with Crippen LogP contribution in [0.25, 0.3) is 10.2 Å². The summed E-state index contributed by atoms with van der Waals surface area (Å²) in [4.78, 5) is 11.9. The van der Waals surface area contributed by atoms with Crippen LogP contribution < -0.4 is 11.1 Å². The predicted molar refractivity (Wildman–Crippen MR) is 97.1 cm³/mol. The van der Waals surface area contributed by atoms with Gasteiger partial charge in [0.05, 0.1) is 5.39 Å². The molecule has 2 aliphatic carbocycles. The van der Waals surface area contributed by atoms with E-state index in [2.05, 4.69) is 22.2 Å². The quantitative estimate of drug-likeness (QED) is 0.896. The smallest absolute Gasteiger partial charge is 0.138 e. The molecule has 2 aromatic rings. The standard InChI is InChI=1S/C18H26N4S/c1-2-11-3-8-14-15(9-11)23-18-16(14)17(20-10-21-18)22-13-6-4-12(19)5-7-13/h10-13H,2-9,19H2,1H3,(H,20,21,22)/t11?,12-,13-. The Kier molecular flexibility index (Phi) is 4.24. The van der Waals surface area contributed by atoms with Crippen molar-refractivity contribution in [1.29, 1.82) is 0 Å². The van der Waals surface area contributed by atoms with Gasteiger partial charge in [0.25, 0.3) is 0 Å². The summed E-state index contributed by atoms with van der Waals surface area (Å²) in [7, 11) is 0. The van der Waals surface area contributed by atoms with Crippen LogP contribution in [0, 0.1) is 5.92 Å². The number of aromatic nitrogens is 2. The molecule has 124 valence electrons. The second-order valence-corrected chi connectivity index (χ2v) is 8.26. The number of hydrogen-bond acceptors (Lipinski definition) is 5. The van der Waals surface area contributed by atoms with Gasteiger partial charge in [0.2, 0.25) is 0 Å². The molecular formula is C18H26N4S. The van der Waals surface area contributed by atoms with Gasteiger partial charge in [-0.1, -0.05) is 13.3 Å². The summed E-state index contributed by atoms with van der Waals surface area (Å²) in [5.74, 6) is 1.91. The molecule has 0 spiro atoms. The molecule has 1 fully saturated rings. The third-order valence-electron chi connectivity index (χ3n) is 5.64. The normalized spacial score (nSPS) is 27.8. The first-order chi connectivity index (χ1) is 11.2. The van der Waals surface area contributed by atoms with Gasteiger partial charge >= 0.3 is 0 Å². The van der Waals surface area contributed by atoms with Gasteiger partial charge in [0.1, 0.15) is 17.0 Å². The third kappa shape index (κ3) is 2.96. The Hall–Kier alpha value is -1.20. The molecule has 5 heteroatoms. The van der Waals surface area contributed by atoms with Crippen LogP contribution in [0.15, 0.2) is 6.33 Å². The molecule has 4 nitrogen and oxygen atoms in total. The SMILES string of the molecule is CCC1CCc2c(sc3ncnc(N[C@H]4CC[C@H](N)CC4)c23)C1. The van der Waals surface area contributed by atoms with E-state index in [1.54, 1.807) is 11.2 Å². The monoisotopic (exact) mass is 330 g/mol. The first kappa shape index (κ1) is 15.3. The van der Waals surface area contributed by atoms with E-state index in [9.17, 15) is 0 Å². The zero-order valence-electron chi connectivity index (χ0n) is 13.8. The average molecular weight is 331 g/mol. The maximum absolute atomic E-state index is 6.03. The van der Waals surface area contributed by atoms with Gasteiger partial charge in [-0.15, -0.1) is 11.3 Å². The number of nitrogens with zero attached hydrogens (tertiary/aromatic N) is 2. The van der Waals surface area contributed by atoms with Crippen LogP contribution in [0.3, 0.4) is 0 Å². The van der Waals surface area contributed by atoms with Crippen LogP contribution in [0.5, 0.6) is 0 Å². The second kappa shape index (κ2) is 6.36. The van der Waals surface area contributed by atoms with Gasteiger partial charge in [-0.05, 0) is 56.4 Å². The number of nitrogens with one attached hydrogen (secondary N) is 1. The summed E-state index contributed by atoms with van der Waals surface area (Å²) in [6.45, 7) is 2.31. The summed E-state index contributed by atoms with van der Waals surface area (Å²) >= 11 is 1.88. The van der Waals surface area contributed by atoms with Crippen molar-refractivity contribution in [2.24, 2.45) is 11.7 Å². The van der Waals surface area contributed by atoms with E-state index in [-0.39, 0.29) is 0 Å². The molecule has 0 radical (unpaired) electrons. The van der Waals surface area contributed by atoms with Crippen LogP contribution in [-0.4, -0.2) is 22.1 Å². The number of anilines is 1. The summed E-state index contributed by atoms with van der Waals surface area (Å²) in [5, 5.41) is 5.01. The van der Waals surface area contributed by atoms with Crippen LogP contribution >= 0.6 is 11.3 Å². The average Bonchev–Trinajstić information content (AvgIpc) is 2.95. The molecule has 1 atom stereocenters. The molecule has 1 unspecified atom stereocenters. The first-order valence-electron chi connectivity index (χ1n) is 9.02. The van der Waals surface area contributed by atoms with Crippen molar-refractivity contribution in [1.82, 2.24) is 9.97 Å². The lowest BCUT2D eigenvalue weighted by Crippen LogP contribution is -2.33. The topological polar surface area (TPSA) is 63.8 Å². The molecule has 1 saturated carbocycles. The number of hydrogen-bond donors (Lipinski definition) is 2. The van der Waals surface area contributed by atoms with Crippen molar-refractivity contribution in [2.75, 3.05) is 5.32 Å². The van der Waals surface area contributed by atoms with E-state index in [0.29, 0.717) is 12.1 Å². The Morgan fingerprint density at radius 2 is 2.04 bits per heavy atom. The number of nitrogens with two attached hydrogens (primary N) is 1. The minimum absolute atomic E-state index is 0.387. The number of fused-ring (bicyclic) bond motifs is 3. The van der Waals surface area contributed by atoms with E-state index < -0.39 is 0 Å². The fourth-order valence-electron chi connectivity index (χ4n) is 4.09. The van der Waals surface area contributed by atoms with Gasteiger partial charge < -0.3 is 11.1 Å². The Morgan fingerprint density at radius 1 is 1.22 bits per heavy atom. The third-order valence-corrected chi connectivity index (χ3v) is 6.80. The summed E-state index contributed by atoms with van der Waals surface area (Å²) in [6, 6.07) is 0.897. The minimum atomic E-state index is 0.387. The van der Waals surface area contributed by atoms with Crippen LogP contribution in [0.2, 0.25) is 0 Å². The highest BCUT2D eigenvalue weighted by Crippen LogP contribution is 2.40. The van der Waals surface area contributed by atoms with Gasteiger partial charge in [0.15, 0.2) is 0 Å². The summed E-state index contributed by atoms with van der Waals surface area (Å²) in [5.41, 5.74) is 7.55. The van der Waals surface area contributed by atoms with Crippen LogP contribution in [-0.2, 0) is 12.8 Å². The fourth-order valence-corrected chi connectivity index (χ4v) is 5.39. The number of aryl methyl sites for hydroxylation is 1. The Balaban J connectivity index is 1.64. The van der Waals surface area contributed by atoms with Crippen molar-refractivity contribution in [3.8, 4) is 0 Å². The Morgan fingerprint density at radius 3 is 2.83 bits per heavy atom. The van der Waals surface area contributed by atoms with Gasteiger partial charge in [0, 0.05) is 17.0 Å². The van der Waals surface area contributed by atoms with E-state index in [1.807, 2.05) is 11.3 Å². The highest BCUT2D eigenvalue weighted by atomic mass is 32.1. The first-order valence-corrected chi connectivity index (χ1v) is 9.83. The van der Waals surface area contributed by atoms with Crippen LogP contribution in [0.1, 0.15) is 55.9 Å². The maximum Gasteiger partial charge on any atom is 0.138 e. The largest absolute Gasteiger partial charge is 0.367 e. The van der Waals surface area contributed by atoms with Crippen molar-refractivity contribution < 1.29 is 0 Å². The molecule has 2 aromatic heterocycles. The lowest BCUT2D eigenvalue weighted by atomic mass is 9.86. The van der Waals surface area contributed by atoms with Crippen molar-refractivity contribution in [3.63, 3.8) is 0 Å². The Bertz CT molecular complexity index is 688. The lowest BCUT2D eigenvalue weighted by Gasteiger charge is -2.27. The molecule has 3 N–H and O–H groups in total. The molecular weight excluding hydrogens is 304 g/mol. The van der Waals surface area contributed by atoms with Gasteiger partial charge in [-0.3, -0.25) is 0 Å². The molecule has 4 rings (SSSR count). The van der Waals surface area contributed by atoms with Gasteiger partial charge in [-0.2, -0.15) is 0 Å². The lowest BCUT2D eigenvalue weighted by molar-refractivity contribution is 0.410. The molecule has 0 saturated heterocycles. The van der Waals surface area contributed by atoms with E-state index in [0.717, 1.165) is 42.2 Å². The highest BCUT2D eigenvalue weighted by molar-refractivity contribution is 7.19. The molecule has 2 heterocycles. The van der Waals surface area contributed by atoms with E-state index in [1.165, 1.54) is 36.6 Å².